The van der Waals surface area contributed by atoms with Gasteiger partial charge < -0.3 is 19.4 Å². The lowest BCUT2D eigenvalue weighted by molar-refractivity contribution is 0.0519. The number of rotatable bonds is 6. The molecule has 0 amide bonds. The molecular formula is C44H46N4O4. The van der Waals surface area contributed by atoms with Gasteiger partial charge in [-0.1, -0.05) is 87.4 Å². The number of nitrogens with zero attached hydrogens (tertiary/aromatic N) is 2. The molecule has 2 N–H and O–H groups in total. The maximum atomic E-state index is 13.6. The number of H-pyrrole nitrogens is 2. The van der Waals surface area contributed by atoms with Crippen LogP contribution in [0.5, 0.6) is 0 Å². The number of aryl methyl sites for hydroxylation is 2. The predicted octanol–water partition coefficient (Wildman–Crippen LogP) is 9.66. The van der Waals surface area contributed by atoms with Crippen molar-refractivity contribution in [1.82, 2.24) is 19.9 Å². The first-order valence-corrected chi connectivity index (χ1v) is 18.1. The van der Waals surface area contributed by atoms with Crippen molar-refractivity contribution in [3.05, 3.63) is 118 Å². The van der Waals surface area contributed by atoms with Crippen LogP contribution in [-0.4, -0.2) is 45.1 Å². The van der Waals surface area contributed by atoms with Gasteiger partial charge in [-0.15, -0.1) is 0 Å². The highest BCUT2D eigenvalue weighted by atomic mass is 16.5. The molecule has 3 aromatic heterocycles. The molecule has 2 aliphatic rings. The molecule has 266 valence electrons. The summed E-state index contributed by atoms with van der Waals surface area (Å²) in [6.45, 7) is 16.9. The number of carbonyl (C=O) groups is 2. The van der Waals surface area contributed by atoms with Gasteiger partial charge in [0.25, 0.3) is 0 Å². The Bertz CT molecular complexity index is 2210. The summed E-state index contributed by atoms with van der Waals surface area (Å²) in [5, 5.41) is 0. The van der Waals surface area contributed by atoms with Gasteiger partial charge in [-0.25, -0.2) is 9.59 Å². The fourth-order valence-electron chi connectivity index (χ4n) is 7.30. The third-order valence-corrected chi connectivity index (χ3v) is 10.2. The van der Waals surface area contributed by atoms with Crippen molar-refractivity contribution in [2.45, 2.75) is 79.1 Å². The van der Waals surface area contributed by atoms with Crippen LogP contribution >= 0.6 is 0 Å². The average molecular weight is 695 g/mol. The van der Waals surface area contributed by atoms with Crippen molar-refractivity contribution in [3.8, 4) is 22.3 Å². The largest absolute Gasteiger partial charge is 0.462 e. The lowest BCUT2D eigenvalue weighted by Crippen LogP contribution is -2.15. The summed E-state index contributed by atoms with van der Waals surface area (Å²) < 4.78 is 11.2. The number of hydrogen-bond acceptors (Lipinski definition) is 6. The molecule has 8 bridgehead atoms. The van der Waals surface area contributed by atoms with Gasteiger partial charge in [0.05, 0.1) is 46.8 Å². The van der Waals surface area contributed by atoms with Crippen LogP contribution in [0.1, 0.15) is 96.2 Å². The summed E-state index contributed by atoms with van der Waals surface area (Å²) in [7, 11) is 0. The molecule has 8 nitrogen and oxygen atoms in total. The lowest BCUT2D eigenvalue weighted by Gasteiger charge is -2.17. The first-order valence-electron chi connectivity index (χ1n) is 18.1. The van der Waals surface area contributed by atoms with Crippen molar-refractivity contribution < 1.29 is 19.1 Å². The van der Waals surface area contributed by atoms with Crippen LogP contribution in [0, 0.1) is 13.8 Å². The quantitative estimate of drug-likeness (QED) is 0.171. The Morgan fingerprint density at radius 3 is 1.31 bits per heavy atom. The molecule has 0 saturated carbocycles. The molecule has 8 heteroatoms. The molecule has 0 atom stereocenters. The Kier molecular flexibility index (Phi) is 8.89. The number of aromatic nitrogens is 4. The Morgan fingerprint density at radius 2 is 0.962 bits per heavy atom. The van der Waals surface area contributed by atoms with Gasteiger partial charge >= 0.3 is 11.9 Å². The highest BCUT2D eigenvalue weighted by molar-refractivity contribution is 6.02. The van der Waals surface area contributed by atoms with Crippen molar-refractivity contribution in [2.24, 2.45) is 0 Å². The topological polar surface area (TPSA) is 110 Å². The van der Waals surface area contributed by atoms with Crippen LogP contribution in [0.25, 0.3) is 44.3 Å². The van der Waals surface area contributed by atoms with Crippen molar-refractivity contribution in [3.63, 3.8) is 0 Å². The molecule has 0 fully saturated rings. The fourth-order valence-corrected chi connectivity index (χ4v) is 7.30. The second-order valence-electron chi connectivity index (χ2n) is 15.2. The molecular weight excluding hydrogens is 649 g/mol. The third-order valence-electron chi connectivity index (χ3n) is 10.2. The summed E-state index contributed by atoms with van der Waals surface area (Å²) in [6.07, 6.45) is 1.27. The molecule has 2 aromatic carbocycles. The highest BCUT2D eigenvalue weighted by Gasteiger charge is 2.34. The minimum Gasteiger partial charge on any atom is -0.462 e. The van der Waals surface area contributed by atoms with E-state index < -0.39 is 11.9 Å². The number of benzene rings is 2. The second kappa shape index (κ2) is 13.2. The molecule has 0 unspecified atom stereocenters. The van der Waals surface area contributed by atoms with Gasteiger partial charge in [0, 0.05) is 57.2 Å². The normalized spacial score (nSPS) is 14.6. The van der Waals surface area contributed by atoms with E-state index in [-0.39, 0.29) is 24.0 Å². The first kappa shape index (κ1) is 34.9. The maximum Gasteiger partial charge on any atom is 0.340 e. The van der Waals surface area contributed by atoms with E-state index in [1.165, 1.54) is 0 Å². The number of esters is 2. The van der Waals surface area contributed by atoms with Crippen LogP contribution in [0.15, 0.2) is 72.8 Å². The van der Waals surface area contributed by atoms with Crippen LogP contribution in [0.4, 0.5) is 0 Å². The Labute approximate surface area is 304 Å². The molecule has 52 heavy (non-hydrogen) atoms. The van der Waals surface area contributed by atoms with E-state index in [9.17, 15) is 9.59 Å². The maximum absolute atomic E-state index is 13.6. The van der Waals surface area contributed by atoms with Gasteiger partial charge in [0.1, 0.15) is 0 Å². The van der Waals surface area contributed by atoms with E-state index in [0.717, 1.165) is 67.2 Å². The molecule has 0 saturated heterocycles. The van der Waals surface area contributed by atoms with Crippen molar-refractivity contribution >= 4 is 34.0 Å². The average Bonchev–Trinajstić information content (AvgIpc) is 3.84. The summed E-state index contributed by atoms with van der Waals surface area (Å²) in [6, 6.07) is 24.5. The van der Waals surface area contributed by atoms with E-state index >= 15 is 0 Å². The van der Waals surface area contributed by atoms with E-state index in [4.69, 9.17) is 19.4 Å². The zero-order chi connectivity index (χ0) is 36.9. The fraction of sp³-hybridized carbons (Fsp3) is 0.318. The third kappa shape index (κ3) is 6.42. The second-order valence-corrected chi connectivity index (χ2v) is 15.2. The molecule has 0 aliphatic carbocycles. The highest BCUT2D eigenvalue weighted by Crippen LogP contribution is 2.40. The molecule has 0 spiro atoms. The number of nitrogens with one attached hydrogen (secondary N) is 2. The van der Waals surface area contributed by atoms with E-state index in [1.54, 1.807) is 0 Å². The minimum atomic E-state index is -0.399. The smallest absolute Gasteiger partial charge is 0.340 e. The van der Waals surface area contributed by atoms with Crippen LogP contribution in [-0.2, 0) is 33.1 Å². The Morgan fingerprint density at radius 1 is 0.596 bits per heavy atom. The van der Waals surface area contributed by atoms with Crippen LogP contribution in [0.3, 0.4) is 0 Å². The van der Waals surface area contributed by atoms with Crippen molar-refractivity contribution in [1.29, 1.82) is 0 Å². The van der Waals surface area contributed by atoms with Gasteiger partial charge in [-0.05, 0) is 63.1 Å². The zero-order valence-electron chi connectivity index (χ0n) is 31.3. The van der Waals surface area contributed by atoms with Crippen LogP contribution in [0.2, 0.25) is 0 Å². The number of fused-ring (bicyclic) bond motifs is 8. The predicted molar refractivity (Wildman–Crippen MR) is 207 cm³/mol. The number of hydrogen-bond donors (Lipinski definition) is 2. The summed E-state index contributed by atoms with van der Waals surface area (Å²) in [4.78, 5) is 45.0. The standard InChI is InChI=1S/C44H46N4O4/c1-9-51-41(49)29-19-33-39(27-15-11-25(3)12-16-27)35-23-44(7,8)38(48-35)22-32-30(42(50)52-10-2)20-34(46-32)40(28-17-13-26(4)14-18-28)36-24-43(5,6)37(47-36)21-31(29)45-33/h11-22,45-46H,9-10,23-24H2,1-8H3. The van der Waals surface area contributed by atoms with E-state index in [0.29, 0.717) is 35.0 Å². The minimum absolute atomic E-state index is 0.257. The summed E-state index contributed by atoms with van der Waals surface area (Å²) >= 11 is 0. The van der Waals surface area contributed by atoms with Crippen LogP contribution < -0.4 is 0 Å². The molecule has 5 heterocycles. The summed E-state index contributed by atoms with van der Waals surface area (Å²) in [5.41, 5.74) is 12.4. The van der Waals surface area contributed by atoms with Gasteiger partial charge in [-0.2, -0.15) is 0 Å². The van der Waals surface area contributed by atoms with Crippen molar-refractivity contribution in [2.75, 3.05) is 13.2 Å². The SMILES string of the molecule is CCOC(=O)c1cc2[nH]c1cc1nc(c(-c3ccc(C)cc3)c3cc(C(=O)OCC)c(cc4nc(c2-c2ccc(C)cc2)CC4(C)C)[nH]3)CC1(C)C. The first-order chi connectivity index (χ1) is 24.8. The molecule has 7 rings (SSSR count). The molecule has 5 aromatic rings. The number of aromatic amines is 2. The number of ether oxygens (including phenoxy) is 2. The molecule has 2 aliphatic heterocycles. The number of carbonyl (C=O) groups excluding carboxylic acids is 2. The lowest BCUT2D eigenvalue weighted by atomic mass is 9.85. The van der Waals surface area contributed by atoms with Gasteiger partial charge in [-0.3, -0.25) is 9.97 Å². The monoisotopic (exact) mass is 694 g/mol. The molecule has 0 radical (unpaired) electrons. The zero-order valence-corrected chi connectivity index (χ0v) is 31.3. The van der Waals surface area contributed by atoms with E-state index in [2.05, 4.69) is 100 Å². The van der Waals surface area contributed by atoms with Gasteiger partial charge in [0.2, 0.25) is 0 Å². The summed E-state index contributed by atoms with van der Waals surface area (Å²) in [5.74, 6) is -0.798. The Hall–Kier alpha value is -5.50. The Balaban J connectivity index is 1.70. The van der Waals surface area contributed by atoms with Gasteiger partial charge in [0.15, 0.2) is 0 Å². The van der Waals surface area contributed by atoms with E-state index in [1.807, 2.05) is 38.1 Å².